The minimum Gasteiger partial charge on any atom is -0.310 e. The van der Waals surface area contributed by atoms with Crippen molar-refractivity contribution in [2.45, 2.75) is 0 Å². The maximum atomic E-state index is 11.3. The van der Waals surface area contributed by atoms with Crippen molar-refractivity contribution in [1.82, 2.24) is 28.7 Å². The van der Waals surface area contributed by atoms with Gasteiger partial charge in [0.2, 0.25) is 0 Å². The average Bonchev–Trinajstić information content (AvgIpc) is 4.10. The maximum absolute atomic E-state index is 11.3. The summed E-state index contributed by atoms with van der Waals surface area (Å²) < 4.78 is 6.72. The van der Waals surface area contributed by atoms with E-state index in [0.29, 0.717) is 34.3 Å². The SMILES string of the molecule is [C-]#[N+]c1cccc(-n2c3ccccc3c3ccccc32)c1-c1nc(-c2ccccc2)nc(-c2ccc(-c3cccc(-n4c5ccccc5c5ccccc54)c3C#N)cc2-n2c3ccccc3c3ccccc32)n1. The van der Waals surface area contributed by atoms with Gasteiger partial charge < -0.3 is 13.7 Å². The molecule has 0 bridgehead atoms. The summed E-state index contributed by atoms with van der Waals surface area (Å²) in [6.45, 7) is 8.59. The Morgan fingerprint density at radius 2 is 0.781 bits per heavy atom. The number of benzene rings is 10. The third-order valence-corrected chi connectivity index (χ3v) is 14.2. The van der Waals surface area contributed by atoms with Crippen LogP contribution in [-0.4, -0.2) is 28.7 Å². The number of hydrogen-bond acceptors (Lipinski definition) is 4. The van der Waals surface area contributed by atoms with E-state index in [1.54, 1.807) is 0 Å². The van der Waals surface area contributed by atoms with Crippen molar-refractivity contribution in [3.8, 4) is 68.4 Å². The lowest BCUT2D eigenvalue weighted by Crippen LogP contribution is -2.06. The summed E-state index contributed by atoms with van der Waals surface area (Å²) in [4.78, 5) is 20.2. The highest BCUT2D eigenvalue weighted by Gasteiger charge is 2.25. The van der Waals surface area contributed by atoms with Crippen LogP contribution >= 0.6 is 0 Å². The van der Waals surface area contributed by atoms with Crippen LogP contribution in [0.3, 0.4) is 0 Å². The minimum atomic E-state index is 0.371. The molecule has 14 rings (SSSR count). The van der Waals surface area contributed by atoms with Gasteiger partial charge in [0.15, 0.2) is 23.2 Å². The number of aromatic nitrogens is 6. The summed E-state index contributed by atoms with van der Waals surface area (Å²) >= 11 is 0. The van der Waals surface area contributed by atoms with Crippen molar-refractivity contribution in [3.63, 3.8) is 0 Å². The number of nitrogens with zero attached hydrogens (tertiary/aromatic N) is 8. The Labute approximate surface area is 419 Å². The van der Waals surface area contributed by atoms with Gasteiger partial charge in [-0.2, -0.15) is 5.26 Å². The van der Waals surface area contributed by atoms with Crippen molar-refractivity contribution in [1.29, 1.82) is 5.26 Å². The second-order valence-electron chi connectivity index (χ2n) is 18.1. The van der Waals surface area contributed by atoms with Gasteiger partial charge in [-0.15, -0.1) is 0 Å². The lowest BCUT2D eigenvalue weighted by molar-refractivity contribution is 1.06. The van der Waals surface area contributed by atoms with E-state index in [-0.39, 0.29) is 0 Å². The molecular weight excluding hydrogens is 893 g/mol. The molecule has 338 valence electrons. The van der Waals surface area contributed by atoms with Gasteiger partial charge >= 0.3 is 0 Å². The molecule has 0 amide bonds. The zero-order valence-electron chi connectivity index (χ0n) is 39.0. The molecular formula is C65H38N8. The Morgan fingerprint density at radius 1 is 0.356 bits per heavy atom. The van der Waals surface area contributed by atoms with E-state index < -0.39 is 0 Å². The van der Waals surface area contributed by atoms with Crippen molar-refractivity contribution in [2.75, 3.05) is 0 Å². The molecule has 0 saturated carbocycles. The second kappa shape index (κ2) is 16.6. The smallest absolute Gasteiger partial charge is 0.200 e. The first-order chi connectivity index (χ1) is 36.2. The van der Waals surface area contributed by atoms with Gasteiger partial charge in [-0.1, -0.05) is 170 Å². The number of fused-ring (bicyclic) bond motifs is 9. The molecule has 0 spiro atoms. The van der Waals surface area contributed by atoms with Crippen LogP contribution in [0.25, 0.3) is 133 Å². The monoisotopic (exact) mass is 930 g/mol. The predicted molar refractivity (Wildman–Crippen MR) is 296 cm³/mol. The van der Waals surface area contributed by atoms with Crippen molar-refractivity contribution < 1.29 is 0 Å². The summed E-state index contributed by atoms with van der Waals surface area (Å²) in [6.07, 6.45) is 0. The minimum absolute atomic E-state index is 0.371. The third-order valence-electron chi connectivity index (χ3n) is 14.2. The molecule has 14 aromatic rings. The van der Waals surface area contributed by atoms with E-state index in [1.165, 1.54) is 0 Å². The summed E-state index contributed by atoms with van der Waals surface area (Å²) in [5, 5.41) is 17.9. The molecule has 10 aromatic carbocycles. The molecule has 0 aliphatic carbocycles. The largest absolute Gasteiger partial charge is 0.310 e. The molecule has 8 heteroatoms. The highest BCUT2D eigenvalue weighted by Crippen LogP contribution is 2.44. The molecule has 0 unspecified atom stereocenters. The van der Waals surface area contributed by atoms with Crippen molar-refractivity contribution in [3.05, 3.63) is 248 Å². The Hall–Kier alpha value is -10.4. The summed E-state index contributed by atoms with van der Waals surface area (Å²) in [5.74, 6) is 1.27. The summed E-state index contributed by atoms with van der Waals surface area (Å²) in [5.41, 5.74) is 13.2. The Kier molecular flexibility index (Phi) is 9.47. The highest BCUT2D eigenvalue weighted by molar-refractivity contribution is 6.12. The lowest BCUT2D eigenvalue weighted by Gasteiger charge is -2.19. The van der Waals surface area contributed by atoms with Crippen LogP contribution < -0.4 is 0 Å². The van der Waals surface area contributed by atoms with Crippen LogP contribution in [0.5, 0.6) is 0 Å². The normalized spacial score (nSPS) is 11.5. The molecule has 0 N–H and O–H groups in total. The van der Waals surface area contributed by atoms with Crippen LogP contribution in [-0.2, 0) is 0 Å². The van der Waals surface area contributed by atoms with E-state index in [1.807, 2.05) is 91.0 Å². The average molecular weight is 931 g/mol. The molecule has 0 aliphatic rings. The standard InChI is InChI=1S/C65H38N8/c1-67-52-28-18-36-60(72-55-31-13-7-23-46(55)47-24-8-14-32-56(47)72)62(52)65-69-63(41-19-3-2-4-20-41)68-64(70-65)50-38-37-42(39-61(50)73-57-33-15-9-25-48(57)49-26-10-16-34-58(49)73)43-27-17-35-59(51(43)40-66)71-53-29-11-5-21-44(53)45-22-6-12-30-54(45)71/h2-39H. The fourth-order valence-corrected chi connectivity index (χ4v) is 11.1. The number of hydrogen-bond donors (Lipinski definition) is 0. The van der Waals surface area contributed by atoms with E-state index in [4.69, 9.17) is 21.5 Å². The van der Waals surface area contributed by atoms with Gasteiger partial charge in [0.1, 0.15) is 6.07 Å². The van der Waals surface area contributed by atoms with Gasteiger partial charge in [-0.3, -0.25) is 0 Å². The van der Waals surface area contributed by atoms with Gasteiger partial charge in [0.05, 0.1) is 56.6 Å². The van der Waals surface area contributed by atoms with E-state index >= 15 is 0 Å². The third kappa shape index (κ3) is 6.42. The second-order valence-corrected chi connectivity index (χ2v) is 18.1. The number of rotatable bonds is 7. The molecule has 4 heterocycles. The van der Waals surface area contributed by atoms with Gasteiger partial charge in [0.25, 0.3) is 0 Å². The maximum Gasteiger partial charge on any atom is 0.200 e. The Balaban J connectivity index is 1.06. The van der Waals surface area contributed by atoms with Crippen LogP contribution in [0.1, 0.15) is 5.56 Å². The van der Waals surface area contributed by atoms with Crippen LogP contribution in [0.4, 0.5) is 5.69 Å². The van der Waals surface area contributed by atoms with Gasteiger partial charge in [0, 0.05) is 60.3 Å². The molecule has 0 atom stereocenters. The Morgan fingerprint density at radius 3 is 1.29 bits per heavy atom. The van der Waals surface area contributed by atoms with E-state index in [9.17, 15) is 5.26 Å². The molecule has 0 radical (unpaired) electrons. The van der Waals surface area contributed by atoms with Crippen LogP contribution in [0.15, 0.2) is 231 Å². The summed E-state index contributed by atoms with van der Waals surface area (Å²) in [6, 6.07) is 81.2. The highest BCUT2D eigenvalue weighted by atomic mass is 15.1. The lowest BCUT2D eigenvalue weighted by atomic mass is 9.96. The Bertz CT molecular complexity index is 4500. The predicted octanol–water partition coefficient (Wildman–Crippen LogP) is 16.3. The fraction of sp³-hybridized carbons (Fsp3) is 0. The fourth-order valence-electron chi connectivity index (χ4n) is 11.1. The molecule has 0 aliphatic heterocycles. The van der Waals surface area contributed by atoms with Gasteiger partial charge in [-0.25, -0.2) is 19.8 Å². The number of para-hydroxylation sites is 6. The summed E-state index contributed by atoms with van der Waals surface area (Å²) in [7, 11) is 0. The zero-order valence-corrected chi connectivity index (χ0v) is 39.0. The first-order valence-electron chi connectivity index (χ1n) is 24.1. The molecule has 8 nitrogen and oxygen atoms in total. The van der Waals surface area contributed by atoms with E-state index in [2.05, 4.69) is 164 Å². The van der Waals surface area contributed by atoms with E-state index in [0.717, 1.165) is 105 Å². The molecule has 73 heavy (non-hydrogen) atoms. The first kappa shape index (κ1) is 41.6. The molecule has 0 saturated heterocycles. The van der Waals surface area contributed by atoms with Crippen molar-refractivity contribution >= 4 is 71.1 Å². The molecule has 4 aromatic heterocycles. The van der Waals surface area contributed by atoms with Crippen LogP contribution in [0.2, 0.25) is 0 Å². The first-order valence-corrected chi connectivity index (χ1v) is 24.1. The van der Waals surface area contributed by atoms with Crippen molar-refractivity contribution in [2.24, 2.45) is 0 Å². The van der Waals surface area contributed by atoms with Crippen LogP contribution in [0, 0.1) is 17.9 Å². The zero-order chi connectivity index (χ0) is 48.6. The van der Waals surface area contributed by atoms with Gasteiger partial charge in [-0.05, 0) is 66.2 Å². The topological polar surface area (TPSA) is 81.6 Å². The molecule has 0 fully saturated rings. The quantitative estimate of drug-likeness (QED) is 0.149. The number of nitriles is 1.